The molecule has 0 aliphatic heterocycles. The van der Waals surface area contributed by atoms with Crippen LogP contribution in [0.25, 0.3) is 0 Å². The van der Waals surface area contributed by atoms with E-state index in [4.69, 9.17) is 0 Å². The van der Waals surface area contributed by atoms with Crippen molar-refractivity contribution in [2.75, 3.05) is 5.32 Å². The first-order valence-corrected chi connectivity index (χ1v) is 8.90. The fourth-order valence-electron chi connectivity index (χ4n) is 3.24. The van der Waals surface area contributed by atoms with E-state index in [1.54, 1.807) is 24.3 Å². The van der Waals surface area contributed by atoms with Crippen LogP contribution in [0, 0.1) is 5.92 Å². The topological polar surface area (TPSA) is 58.2 Å². The van der Waals surface area contributed by atoms with Crippen LogP contribution in [0.2, 0.25) is 0 Å². The van der Waals surface area contributed by atoms with Gasteiger partial charge in [0.15, 0.2) is 0 Å². The van der Waals surface area contributed by atoms with Crippen LogP contribution in [0.4, 0.5) is 5.69 Å². The molecule has 130 valence electrons. The standard InChI is InChI=1S/C21H24N2O2/c1-15(16-7-3-2-4-8-16)22-20(24)18-11-13-19(14-12-18)23-21(25)17-9-5-6-10-17/h2-4,7-8,11-15,17H,5-6,9-10H2,1H3,(H,22,24)(H,23,25). The fourth-order valence-corrected chi connectivity index (χ4v) is 3.24. The van der Waals surface area contributed by atoms with Crippen molar-refractivity contribution in [3.8, 4) is 0 Å². The van der Waals surface area contributed by atoms with Crippen molar-refractivity contribution in [2.24, 2.45) is 5.92 Å². The van der Waals surface area contributed by atoms with E-state index in [1.165, 1.54) is 0 Å². The number of carbonyl (C=O) groups excluding carboxylic acids is 2. The molecule has 2 aromatic rings. The number of carbonyl (C=O) groups is 2. The van der Waals surface area contributed by atoms with Crippen molar-refractivity contribution < 1.29 is 9.59 Å². The van der Waals surface area contributed by atoms with Crippen molar-refractivity contribution in [3.05, 3.63) is 65.7 Å². The molecule has 25 heavy (non-hydrogen) atoms. The van der Waals surface area contributed by atoms with Gasteiger partial charge in [0.05, 0.1) is 6.04 Å². The lowest BCUT2D eigenvalue weighted by Crippen LogP contribution is -2.26. The molecule has 0 saturated heterocycles. The van der Waals surface area contributed by atoms with Crippen LogP contribution < -0.4 is 10.6 Å². The highest BCUT2D eigenvalue weighted by atomic mass is 16.2. The van der Waals surface area contributed by atoms with E-state index in [0.717, 1.165) is 36.9 Å². The van der Waals surface area contributed by atoms with E-state index in [0.29, 0.717) is 5.56 Å². The fraction of sp³-hybridized carbons (Fsp3) is 0.333. The zero-order chi connectivity index (χ0) is 17.6. The minimum atomic E-state index is -0.120. The van der Waals surface area contributed by atoms with Crippen LogP contribution in [0.15, 0.2) is 54.6 Å². The second-order valence-electron chi connectivity index (χ2n) is 6.65. The minimum absolute atomic E-state index is 0.0598. The Labute approximate surface area is 148 Å². The largest absolute Gasteiger partial charge is 0.346 e. The number of anilines is 1. The number of nitrogens with one attached hydrogen (secondary N) is 2. The normalized spacial score (nSPS) is 15.6. The second kappa shape index (κ2) is 7.97. The van der Waals surface area contributed by atoms with Gasteiger partial charge in [-0.15, -0.1) is 0 Å². The first kappa shape index (κ1) is 17.2. The molecule has 1 atom stereocenters. The summed E-state index contributed by atoms with van der Waals surface area (Å²) < 4.78 is 0. The van der Waals surface area contributed by atoms with Crippen molar-refractivity contribution in [3.63, 3.8) is 0 Å². The molecule has 1 aliphatic carbocycles. The molecule has 1 fully saturated rings. The molecule has 0 radical (unpaired) electrons. The number of benzene rings is 2. The smallest absolute Gasteiger partial charge is 0.251 e. The van der Waals surface area contributed by atoms with Crippen LogP contribution in [-0.4, -0.2) is 11.8 Å². The molecule has 3 rings (SSSR count). The molecule has 1 aliphatic rings. The Morgan fingerprint density at radius 1 is 0.960 bits per heavy atom. The van der Waals surface area contributed by atoms with Crippen molar-refractivity contribution in [2.45, 2.75) is 38.6 Å². The third-order valence-electron chi connectivity index (χ3n) is 4.79. The SMILES string of the molecule is CC(NC(=O)c1ccc(NC(=O)C2CCCC2)cc1)c1ccccc1. The van der Waals surface area contributed by atoms with Crippen LogP contribution in [0.1, 0.15) is 54.6 Å². The van der Waals surface area contributed by atoms with Crippen molar-refractivity contribution >= 4 is 17.5 Å². The first-order chi connectivity index (χ1) is 12.1. The van der Waals surface area contributed by atoms with E-state index in [9.17, 15) is 9.59 Å². The van der Waals surface area contributed by atoms with Gasteiger partial charge in [-0.1, -0.05) is 43.2 Å². The lowest BCUT2D eigenvalue weighted by atomic mass is 10.1. The maximum absolute atomic E-state index is 12.4. The van der Waals surface area contributed by atoms with E-state index >= 15 is 0 Å². The maximum Gasteiger partial charge on any atom is 0.251 e. The summed E-state index contributed by atoms with van der Waals surface area (Å²) in [6.45, 7) is 1.96. The summed E-state index contributed by atoms with van der Waals surface area (Å²) in [7, 11) is 0. The molecule has 2 amide bonds. The van der Waals surface area contributed by atoms with Crippen molar-refractivity contribution in [1.82, 2.24) is 5.32 Å². The predicted octanol–water partition coefficient (Wildman–Crippen LogP) is 4.31. The van der Waals surface area contributed by atoms with Gasteiger partial charge in [-0.2, -0.15) is 0 Å². The first-order valence-electron chi connectivity index (χ1n) is 8.90. The van der Waals surface area contributed by atoms with Crippen molar-refractivity contribution in [1.29, 1.82) is 0 Å². The highest BCUT2D eigenvalue weighted by molar-refractivity contribution is 5.96. The summed E-state index contributed by atoms with van der Waals surface area (Å²) in [4.78, 5) is 24.5. The molecule has 2 aromatic carbocycles. The lowest BCUT2D eigenvalue weighted by molar-refractivity contribution is -0.119. The highest BCUT2D eigenvalue weighted by Gasteiger charge is 2.22. The molecule has 1 saturated carbocycles. The third-order valence-corrected chi connectivity index (χ3v) is 4.79. The quantitative estimate of drug-likeness (QED) is 0.855. The lowest BCUT2D eigenvalue weighted by Gasteiger charge is -2.15. The van der Waals surface area contributed by atoms with E-state index in [-0.39, 0.29) is 23.8 Å². The van der Waals surface area contributed by atoms with Gasteiger partial charge in [-0.05, 0) is 49.6 Å². The number of rotatable bonds is 5. The highest BCUT2D eigenvalue weighted by Crippen LogP contribution is 2.26. The summed E-state index contributed by atoms with van der Waals surface area (Å²) >= 11 is 0. The van der Waals surface area contributed by atoms with Crippen LogP contribution in [-0.2, 0) is 4.79 Å². The zero-order valence-electron chi connectivity index (χ0n) is 14.5. The minimum Gasteiger partial charge on any atom is -0.346 e. The Morgan fingerprint density at radius 2 is 1.60 bits per heavy atom. The summed E-state index contributed by atoms with van der Waals surface area (Å²) in [6, 6.07) is 16.9. The van der Waals surface area contributed by atoms with Gasteiger partial charge in [0.1, 0.15) is 0 Å². The predicted molar refractivity (Wildman–Crippen MR) is 99.4 cm³/mol. The third kappa shape index (κ3) is 4.47. The monoisotopic (exact) mass is 336 g/mol. The number of hydrogen-bond acceptors (Lipinski definition) is 2. The molecule has 4 heteroatoms. The molecule has 0 aromatic heterocycles. The average molecular weight is 336 g/mol. The van der Waals surface area contributed by atoms with E-state index in [2.05, 4.69) is 10.6 Å². The molecule has 1 unspecified atom stereocenters. The molecule has 0 spiro atoms. The summed E-state index contributed by atoms with van der Waals surface area (Å²) in [5.41, 5.74) is 2.39. The molecular weight excluding hydrogens is 312 g/mol. The molecule has 2 N–H and O–H groups in total. The molecular formula is C21H24N2O2. The van der Waals surface area contributed by atoms with E-state index in [1.807, 2.05) is 37.3 Å². The Balaban J connectivity index is 1.57. The summed E-state index contributed by atoms with van der Waals surface area (Å²) in [6.07, 6.45) is 4.22. The van der Waals surface area contributed by atoms with Gasteiger partial charge < -0.3 is 10.6 Å². The molecule has 4 nitrogen and oxygen atoms in total. The Kier molecular flexibility index (Phi) is 5.49. The Morgan fingerprint density at radius 3 is 2.24 bits per heavy atom. The van der Waals surface area contributed by atoms with Gasteiger partial charge in [0.2, 0.25) is 5.91 Å². The summed E-state index contributed by atoms with van der Waals surface area (Å²) in [5, 5.41) is 5.94. The maximum atomic E-state index is 12.4. The zero-order valence-corrected chi connectivity index (χ0v) is 14.5. The number of hydrogen-bond donors (Lipinski definition) is 2. The average Bonchev–Trinajstić information content (AvgIpc) is 3.18. The van der Waals surface area contributed by atoms with E-state index < -0.39 is 0 Å². The molecule has 0 bridgehead atoms. The van der Waals surface area contributed by atoms with Gasteiger partial charge in [0, 0.05) is 17.2 Å². The number of amides is 2. The van der Waals surface area contributed by atoms with Crippen LogP contribution >= 0.6 is 0 Å². The van der Waals surface area contributed by atoms with Gasteiger partial charge >= 0.3 is 0 Å². The van der Waals surface area contributed by atoms with Gasteiger partial charge in [-0.25, -0.2) is 0 Å². The van der Waals surface area contributed by atoms with Gasteiger partial charge in [-0.3, -0.25) is 9.59 Å². The molecule has 0 heterocycles. The van der Waals surface area contributed by atoms with Crippen LogP contribution in [0.3, 0.4) is 0 Å². The van der Waals surface area contributed by atoms with Gasteiger partial charge in [0.25, 0.3) is 5.91 Å². The van der Waals surface area contributed by atoms with Crippen LogP contribution in [0.5, 0.6) is 0 Å². The Hall–Kier alpha value is -2.62. The summed E-state index contributed by atoms with van der Waals surface area (Å²) in [5.74, 6) is 0.104. The Bertz CT molecular complexity index is 719. The second-order valence-corrected chi connectivity index (χ2v) is 6.65.